The molecule has 4 nitrogen and oxygen atoms in total. The minimum absolute atomic E-state index is 0.0410. The van der Waals surface area contributed by atoms with Crippen LogP contribution in [0.2, 0.25) is 0 Å². The highest BCUT2D eigenvalue weighted by atomic mass is 16.5. The molecule has 0 aliphatic rings. The Hall–Kier alpha value is -1.10. The quantitative estimate of drug-likeness (QED) is 0.664. The van der Waals surface area contributed by atoms with E-state index >= 15 is 0 Å². The molecule has 4 N–H and O–H groups in total. The summed E-state index contributed by atoms with van der Waals surface area (Å²) in [5.74, 6) is 0.846. The second kappa shape index (κ2) is 6.48. The van der Waals surface area contributed by atoms with Crippen molar-refractivity contribution in [3.8, 4) is 5.75 Å². The Balaban J connectivity index is 2.78. The summed E-state index contributed by atoms with van der Waals surface area (Å²) in [6, 6.07) is 7.40. The Labute approximate surface area is 96.4 Å². The maximum absolute atomic E-state index is 9.05. The lowest BCUT2D eigenvalue weighted by Crippen LogP contribution is -2.38. The largest absolute Gasteiger partial charge is 0.494 e. The second-order valence-electron chi connectivity index (χ2n) is 3.61. The van der Waals surface area contributed by atoms with Crippen LogP contribution in [0.5, 0.6) is 5.75 Å². The normalized spacial score (nSPS) is 14.5. The molecule has 1 aromatic carbocycles. The van der Waals surface area contributed by atoms with Crippen LogP contribution in [0.15, 0.2) is 24.3 Å². The van der Waals surface area contributed by atoms with Crippen LogP contribution >= 0.6 is 0 Å². The highest BCUT2D eigenvalue weighted by Crippen LogP contribution is 2.19. The highest BCUT2D eigenvalue weighted by Gasteiger charge is 2.16. The molecule has 2 atom stereocenters. The summed E-state index contributed by atoms with van der Waals surface area (Å²) in [6.07, 6.45) is 0. The van der Waals surface area contributed by atoms with Gasteiger partial charge in [0.25, 0.3) is 0 Å². The minimum Gasteiger partial charge on any atom is -0.494 e. The molecule has 0 spiro atoms. The van der Waals surface area contributed by atoms with Gasteiger partial charge in [0.15, 0.2) is 0 Å². The van der Waals surface area contributed by atoms with E-state index in [1.54, 1.807) is 0 Å². The zero-order valence-electron chi connectivity index (χ0n) is 9.81. The van der Waals surface area contributed by atoms with Crippen LogP contribution in [-0.4, -0.2) is 31.4 Å². The van der Waals surface area contributed by atoms with Gasteiger partial charge in [0.05, 0.1) is 13.2 Å². The first kappa shape index (κ1) is 13.0. The fraction of sp³-hybridized carbons (Fsp3) is 0.500. The van der Waals surface area contributed by atoms with Gasteiger partial charge >= 0.3 is 0 Å². The van der Waals surface area contributed by atoms with Crippen molar-refractivity contribution in [3.05, 3.63) is 29.8 Å². The smallest absolute Gasteiger partial charge is 0.119 e. The Kier molecular flexibility index (Phi) is 5.25. The van der Waals surface area contributed by atoms with Crippen molar-refractivity contribution in [2.45, 2.75) is 19.0 Å². The number of hydrogen-bond donors (Lipinski definition) is 3. The molecule has 0 aliphatic heterocycles. The molecule has 0 radical (unpaired) electrons. The van der Waals surface area contributed by atoms with Gasteiger partial charge in [0.2, 0.25) is 0 Å². The predicted octanol–water partition coefficient (Wildman–Crippen LogP) is 0.665. The van der Waals surface area contributed by atoms with E-state index in [0.717, 1.165) is 11.3 Å². The molecule has 0 saturated carbocycles. The summed E-state index contributed by atoms with van der Waals surface area (Å²) in [5.41, 5.74) is 6.86. The fourth-order valence-corrected chi connectivity index (χ4v) is 1.67. The predicted molar refractivity (Wildman–Crippen MR) is 64.5 cm³/mol. The van der Waals surface area contributed by atoms with E-state index in [4.69, 9.17) is 15.6 Å². The Morgan fingerprint density at radius 1 is 1.38 bits per heavy atom. The maximum atomic E-state index is 9.05. The maximum Gasteiger partial charge on any atom is 0.119 e. The van der Waals surface area contributed by atoms with E-state index in [9.17, 15) is 0 Å². The van der Waals surface area contributed by atoms with Crippen molar-refractivity contribution in [2.75, 3.05) is 20.3 Å². The Morgan fingerprint density at radius 2 is 2.00 bits per heavy atom. The number of rotatable bonds is 6. The first-order valence-electron chi connectivity index (χ1n) is 5.49. The first-order valence-corrected chi connectivity index (χ1v) is 5.49. The molecular formula is C12H20N2O2. The lowest BCUT2D eigenvalue weighted by atomic mass is 10.0. The zero-order chi connectivity index (χ0) is 12.0. The van der Waals surface area contributed by atoms with E-state index < -0.39 is 0 Å². The Bertz CT molecular complexity index is 300. The van der Waals surface area contributed by atoms with Crippen LogP contribution in [0.25, 0.3) is 0 Å². The number of nitrogens with one attached hydrogen (secondary N) is 1. The van der Waals surface area contributed by atoms with Crippen LogP contribution < -0.4 is 15.8 Å². The molecule has 90 valence electrons. The van der Waals surface area contributed by atoms with Gasteiger partial charge in [-0.1, -0.05) is 12.1 Å². The Morgan fingerprint density at radius 3 is 2.44 bits per heavy atom. The van der Waals surface area contributed by atoms with Gasteiger partial charge in [-0.25, -0.2) is 0 Å². The molecule has 0 aliphatic carbocycles. The third kappa shape index (κ3) is 3.20. The molecule has 0 aromatic heterocycles. The number of ether oxygens (including phenoxy) is 1. The molecule has 16 heavy (non-hydrogen) atoms. The number of nitrogens with two attached hydrogens (primary N) is 1. The second-order valence-corrected chi connectivity index (χ2v) is 3.61. The van der Waals surface area contributed by atoms with Crippen molar-refractivity contribution in [1.82, 2.24) is 5.32 Å². The monoisotopic (exact) mass is 224 g/mol. The third-order valence-corrected chi connectivity index (χ3v) is 2.50. The molecule has 0 heterocycles. The summed E-state index contributed by atoms with van der Waals surface area (Å²) >= 11 is 0. The van der Waals surface area contributed by atoms with Crippen molar-refractivity contribution >= 4 is 0 Å². The molecular weight excluding hydrogens is 204 g/mol. The third-order valence-electron chi connectivity index (χ3n) is 2.50. The van der Waals surface area contributed by atoms with Crippen molar-refractivity contribution < 1.29 is 9.84 Å². The molecule has 0 amide bonds. The number of aliphatic hydroxyl groups excluding tert-OH is 1. The molecule has 0 bridgehead atoms. The van der Waals surface area contributed by atoms with Gasteiger partial charge in [-0.05, 0) is 31.7 Å². The molecule has 1 aromatic rings. The van der Waals surface area contributed by atoms with E-state index in [1.807, 2.05) is 38.2 Å². The average molecular weight is 224 g/mol. The molecule has 2 unspecified atom stereocenters. The van der Waals surface area contributed by atoms with Crippen LogP contribution in [0, 0.1) is 0 Å². The van der Waals surface area contributed by atoms with E-state index in [1.165, 1.54) is 0 Å². The highest BCUT2D eigenvalue weighted by molar-refractivity contribution is 5.29. The van der Waals surface area contributed by atoms with E-state index in [0.29, 0.717) is 6.61 Å². The summed E-state index contributed by atoms with van der Waals surface area (Å²) in [5, 5.41) is 12.1. The molecule has 4 heteroatoms. The van der Waals surface area contributed by atoms with Crippen LogP contribution in [0.4, 0.5) is 0 Å². The first-order chi connectivity index (χ1) is 7.72. The molecule has 1 rings (SSSR count). The van der Waals surface area contributed by atoms with Gasteiger partial charge in [0.1, 0.15) is 5.75 Å². The van der Waals surface area contributed by atoms with Crippen LogP contribution in [0.3, 0.4) is 0 Å². The standard InChI is InChI=1S/C12H20N2O2/c1-3-16-10-6-4-9(5-7-10)12(14-2)11(13)8-15/h4-7,11-12,14-15H,3,8,13H2,1-2H3. The number of likely N-dealkylation sites (N-methyl/N-ethyl adjacent to an activating group) is 1. The fourth-order valence-electron chi connectivity index (χ4n) is 1.67. The van der Waals surface area contributed by atoms with Gasteiger partial charge in [0, 0.05) is 12.1 Å². The van der Waals surface area contributed by atoms with Crippen molar-refractivity contribution in [1.29, 1.82) is 0 Å². The summed E-state index contributed by atoms with van der Waals surface area (Å²) < 4.78 is 5.36. The van der Waals surface area contributed by atoms with E-state index in [2.05, 4.69) is 5.32 Å². The number of benzene rings is 1. The van der Waals surface area contributed by atoms with Gasteiger partial charge in [-0.15, -0.1) is 0 Å². The lowest BCUT2D eigenvalue weighted by Gasteiger charge is -2.22. The van der Waals surface area contributed by atoms with Gasteiger partial charge in [-0.3, -0.25) is 0 Å². The summed E-state index contributed by atoms with van der Waals surface area (Å²) in [6.45, 7) is 2.57. The topological polar surface area (TPSA) is 67.5 Å². The van der Waals surface area contributed by atoms with E-state index in [-0.39, 0.29) is 18.7 Å². The van der Waals surface area contributed by atoms with Crippen molar-refractivity contribution in [2.24, 2.45) is 5.73 Å². The molecule has 0 fully saturated rings. The van der Waals surface area contributed by atoms with Gasteiger partial charge < -0.3 is 20.9 Å². The zero-order valence-corrected chi connectivity index (χ0v) is 9.81. The average Bonchev–Trinajstić information content (AvgIpc) is 2.32. The van der Waals surface area contributed by atoms with Crippen molar-refractivity contribution in [3.63, 3.8) is 0 Å². The SMILES string of the molecule is CCOc1ccc(C(NC)C(N)CO)cc1. The van der Waals surface area contributed by atoms with Gasteiger partial charge in [-0.2, -0.15) is 0 Å². The van der Waals surface area contributed by atoms with Crippen LogP contribution in [0.1, 0.15) is 18.5 Å². The summed E-state index contributed by atoms with van der Waals surface area (Å²) in [4.78, 5) is 0. The van der Waals surface area contributed by atoms with Crippen LogP contribution in [-0.2, 0) is 0 Å². The minimum atomic E-state index is -0.303. The summed E-state index contributed by atoms with van der Waals surface area (Å²) in [7, 11) is 1.83. The molecule has 0 saturated heterocycles. The lowest BCUT2D eigenvalue weighted by molar-refractivity contribution is 0.240. The number of hydrogen-bond acceptors (Lipinski definition) is 4. The number of aliphatic hydroxyl groups is 1.